The number of carboxylic acid groups (broad SMARTS) is 2. The van der Waals surface area contributed by atoms with Gasteiger partial charge >= 0.3 is 11.9 Å². The Kier molecular flexibility index (Phi) is 6.36. The van der Waals surface area contributed by atoms with E-state index in [1.54, 1.807) is 42.5 Å². The van der Waals surface area contributed by atoms with Gasteiger partial charge in [0.15, 0.2) is 17.2 Å². The second kappa shape index (κ2) is 8.93. The fraction of sp³-hybridized carbons (Fsp3) is 0.100. The Morgan fingerprint density at radius 3 is 2.59 bits per heavy atom. The summed E-state index contributed by atoms with van der Waals surface area (Å²) in [5, 5.41) is 21.3. The number of anilines is 1. The van der Waals surface area contributed by atoms with Crippen LogP contribution in [0.4, 0.5) is 10.1 Å². The standard InChI is InChI=1S/C20H15ClFNO5S/c21-16-17(28-10-15(24)25)19(20(26)27)29-18(16)11-5-3-6-13(8-11)23-9-12-4-1-2-7-14(12)22/h1-8,23H,9-10H2,(H,24,25)(H,26,27). The van der Waals surface area contributed by atoms with Crippen molar-refractivity contribution in [2.45, 2.75) is 6.54 Å². The summed E-state index contributed by atoms with van der Waals surface area (Å²) in [5.74, 6) is -3.00. The minimum atomic E-state index is -1.27. The minimum absolute atomic E-state index is 0.0277. The Bertz CT molecular complexity index is 1070. The molecule has 0 fully saturated rings. The van der Waals surface area contributed by atoms with Gasteiger partial charge in [-0.15, -0.1) is 11.3 Å². The van der Waals surface area contributed by atoms with Gasteiger partial charge in [0.25, 0.3) is 0 Å². The van der Waals surface area contributed by atoms with Crippen molar-refractivity contribution in [3.63, 3.8) is 0 Å². The van der Waals surface area contributed by atoms with E-state index < -0.39 is 18.5 Å². The van der Waals surface area contributed by atoms with Crippen molar-refractivity contribution in [3.05, 3.63) is 69.8 Å². The van der Waals surface area contributed by atoms with Crippen LogP contribution in [0.15, 0.2) is 48.5 Å². The van der Waals surface area contributed by atoms with E-state index in [4.69, 9.17) is 21.4 Å². The summed E-state index contributed by atoms with van der Waals surface area (Å²) in [7, 11) is 0. The third-order valence-corrected chi connectivity index (χ3v) is 5.59. The average Bonchev–Trinajstić information content (AvgIpc) is 3.02. The highest BCUT2D eigenvalue weighted by Crippen LogP contribution is 2.45. The maximum atomic E-state index is 13.8. The first-order chi connectivity index (χ1) is 13.9. The fourth-order valence-electron chi connectivity index (χ4n) is 2.59. The van der Waals surface area contributed by atoms with Crippen molar-refractivity contribution in [3.8, 4) is 16.2 Å². The minimum Gasteiger partial charge on any atom is -0.479 e. The Morgan fingerprint density at radius 2 is 1.90 bits per heavy atom. The molecule has 0 aliphatic carbocycles. The molecule has 0 amide bonds. The number of benzene rings is 2. The summed E-state index contributed by atoms with van der Waals surface area (Å²) in [6, 6.07) is 13.4. The maximum absolute atomic E-state index is 13.8. The molecular formula is C20H15ClFNO5S. The zero-order valence-electron chi connectivity index (χ0n) is 14.8. The van der Waals surface area contributed by atoms with Crippen molar-refractivity contribution < 1.29 is 28.9 Å². The second-order valence-electron chi connectivity index (χ2n) is 5.92. The number of rotatable bonds is 8. The normalized spacial score (nSPS) is 10.6. The van der Waals surface area contributed by atoms with Crippen LogP contribution in [0.5, 0.6) is 5.75 Å². The summed E-state index contributed by atoms with van der Waals surface area (Å²) in [4.78, 5) is 22.5. The molecule has 3 N–H and O–H groups in total. The predicted octanol–water partition coefficient (Wildman–Crippen LogP) is 4.98. The number of hydrogen-bond donors (Lipinski definition) is 3. The van der Waals surface area contributed by atoms with Crippen LogP contribution >= 0.6 is 22.9 Å². The van der Waals surface area contributed by atoms with Crippen LogP contribution in [0.1, 0.15) is 15.2 Å². The highest BCUT2D eigenvalue weighted by molar-refractivity contribution is 7.18. The van der Waals surface area contributed by atoms with Crippen LogP contribution < -0.4 is 10.1 Å². The number of thiophene rings is 1. The molecule has 1 heterocycles. The Hall–Kier alpha value is -3.10. The maximum Gasteiger partial charge on any atom is 0.349 e. The van der Waals surface area contributed by atoms with Gasteiger partial charge in [-0.2, -0.15) is 0 Å². The van der Waals surface area contributed by atoms with Gasteiger partial charge in [-0.25, -0.2) is 14.0 Å². The molecule has 150 valence electrons. The number of aromatic carboxylic acids is 1. The lowest BCUT2D eigenvalue weighted by Gasteiger charge is -2.09. The molecule has 0 spiro atoms. The van der Waals surface area contributed by atoms with Crippen LogP contribution in [0.2, 0.25) is 5.02 Å². The summed E-state index contributed by atoms with van der Waals surface area (Å²) in [5.41, 5.74) is 1.80. The highest BCUT2D eigenvalue weighted by atomic mass is 35.5. The van der Waals surface area contributed by atoms with Crippen molar-refractivity contribution in [1.82, 2.24) is 0 Å². The largest absolute Gasteiger partial charge is 0.479 e. The highest BCUT2D eigenvalue weighted by Gasteiger charge is 2.24. The van der Waals surface area contributed by atoms with Crippen LogP contribution in [-0.4, -0.2) is 28.8 Å². The van der Waals surface area contributed by atoms with Crippen molar-refractivity contribution >= 4 is 40.6 Å². The first-order valence-corrected chi connectivity index (χ1v) is 9.54. The Labute approximate surface area is 174 Å². The molecular weight excluding hydrogens is 421 g/mol. The van der Waals surface area contributed by atoms with E-state index >= 15 is 0 Å². The molecule has 2 aromatic carbocycles. The SMILES string of the molecule is O=C(O)COc1c(C(=O)O)sc(-c2cccc(NCc3ccccc3F)c2)c1Cl. The van der Waals surface area contributed by atoms with Crippen LogP contribution in [-0.2, 0) is 11.3 Å². The molecule has 0 bridgehead atoms. The quantitative estimate of drug-likeness (QED) is 0.461. The van der Waals surface area contributed by atoms with Crippen LogP contribution in [0, 0.1) is 5.82 Å². The lowest BCUT2D eigenvalue weighted by atomic mass is 10.1. The summed E-state index contributed by atoms with van der Waals surface area (Å²) in [6.45, 7) is -0.442. The summed E-state index contributed by atoms with van der Waals surface area (Å²) >= 11 is 7.18. The van der Waals surface area contributed by atoms with E-state index in [0.29, 0.717) is 21.7 Å². The number of carboxylic acids is 2. The third-order valence-electron chi connectivity index (χ3n) is 3.91. The topological polar surface area (TPSA) is 95.9 Å². The zero-order valence-corrected chi connectivity index (χ0v) is 16.4. The predicted molar refractivity (Wildman–Crippen MR) is 109 cm³/mol. The molecule has 3 rings (SSSR count). The van der Waals surface area contributed by atoms with Crippen molar-refractivity contribution in [2.24, 2.45) is 0 Å². The van der Waals surface area contributed by atoms with Gasteiger partial charge < -0.3 is 20.3 Å². The molecule has 0 aliphatic heterocycles. The smallest absolute Gasteiger partial charge is 0.349 e. The molecule has 0 unspecified atom stereocenters. The Balaban J connectivity index is 1.88. The van der Waals surface area contributed by atoms with Gasteiger partial charge in [0.1, 0.15) is 10.8 Å². The molecule has 0 saturated carbocycles. The van der Waals surface area contributed by atoms with Crippen molar-refractivity contribution in [2.75, 3.05) is 11.9 Å². The number of carbonyl (C=O) groups is 2. The van der Waals surface area contributed by atoms with Gasteiger partial charge in [-0.05, 0) is 23.8 Å². The Morgan fingerprint density at radius 1 is 1.14 bits per heavy atom. The molecule has 0 aliphatic rings. The molecule has 29 heavy (non-hydrogen) atoms. The molecule has 0 saturated heterocycles. The van der Waals surface area contributed by atoms with Gasteiger partial charge in [0.05, 0.1) is 4.88 Å². The van der Waals surface area contributed by atoms with E-state index in [0.717, 1.165) is 11.3 Å². The van der Waals surface area contributed by atoms with Crippen LogP contribution in [0.3, 0.4) is 0 Å². The number of halogens is 2. The second-order valence-corrected chi connectivity index (χ2v) is 7.32. The van der Waals surface area contributed by atoms with E-state index in [-0.39, 0.29) is 28.0 Å². The lowest BCUT2D eigenvalue weighted by Crippen LogP contribution is -2.10. The van der Waals surface area contributed by atoms with Gasteiger partial charge in [-0.1, -0.05) is 41.9 Å². The lowest BCUT2D eigenvalue weighted by molar-refractivity contribution is -0.139. The average molecular weight is 436 g/mol. The molecule has 0 radical (unpaired) electrons. The molecule has 1 aromatic heterocycles. The van der Waals surface area contributed by atoms with Gasteiger partial charge in [0.2, 0.25) is 0 Å². The number of nitrogens with one attached hydrogen (secondary N) is 1. The molecule has 6 nitrogen and oxygen atoms in total. The first-order valence-electron chi connectivity index (χ1n) is 8.34. The summed E-state index contributed by atoms with van der Waals surface area (Å²) < 4.78 is 18.9. The number of hydrogen-bond acceptors (Lipinski definition) is 5. The summed E-state index contributed by atoms with van der Waals surface area (Å²) in [6.07, 6.45) is 0. The van der Waals surface area contributed by atoms with E-state index in [2.05, 4.69) is 5.32 Å². The molecule has 3 aromatic rings. The zero-order chi connectivity index (χ0) is 21.0. The van der Waals surface area contributed by atoms with E-state index in [1.807, 2.05) is 0 Å². The monoisotopic (exact) mass is 435 g/mol. The van der Waals surface area contributed by atoms with Crippen LogP contribution in [0.25, 0.3) is 10.4 Å². The van der Waals surface area contributed by atoms with Gasteiger partial charge in [-0.3, -0.25) is 0 Å². The van der Waals surface area contributed by atoms with Gasteiger partial charge in [0, 0.05) is 17.8 Å². The number of ether oxygens (including phenoxy) is 1. The first kappa shape index (κ1) is 20.6. The van der Waals surface area contributed by atoms with E-state index in [9.17, 15) is 19.1 Å². The number of aliphatic carboxylic acids is 1. The molecule has 0 atom stereocenters. The fourth-order valence-corrected chi connectivity index (χ4v) is 4.00. The third kappa shape index (κ3) is 4.85. The van der Waals surface area contributed by atoms with E-state index in [1.165, 1.54) is 6.07 Å². The van der Waals surface area contributed by atoms with Crippen molar-refractivity contribution in [1.29, 1.82) is 0 Å². The molecule has 9 heteroatoms.